The fraction of sp³-hybridized carbons (Fsp3) is 0.955. The summed E-state index contributed by atoms with van der Waals surface area (Å²) in [6.07, 6.45) is 20.1. The molecule has 0 unspecified atom stereocenters. The zero-order valence-corrected chi connectivity index (χ0v) is 17.9. The Hall–Kier alpha value is -0.730. The van der Waals surface area contributed by atoms with E-state index in [4.69, 9.17) is 0 Å². The molecule has 0 N–H and O–H groups in total. The van der Waals surface area contributed by atoms with E-state index < -0.39 is 0 Å². The molecule has 1 heterocycles. The maximum atomic E-state index is 2.44. The Morgan fingerprint density at radius 1 is 0.800 bits per heavy atom. The molecule has 0 aromatic rings. The van der Waals surface area contributed by atoms with E-state index in [1.54, 1.807) is 0 Å². The fourth-order valence-corrected chi connectivity index (χ4v) is 4.02. The zero-order valence-electron chi connectivity index (χ0n) is 17.9. The average Bonchev–Trinajstić information content (AvgIpc) is 2.93. The normalized spacial score (nSPS) is 14.6. The average molecular weight is 353 g/mol. The van der Waals surface area contributed by atoms with Crippen LogP contribution in [0.5, 0.6) is 0 Å². The van der Waals surface area contributed by atoms with Gasteiger partial charge in [0.25, 0.3) is 0 Å². The predicted molar refractivity (Wildman–Crippen MR) is 112 cm³/mol. The van der Waals surface area contributed by atoms with Crippen LogP contribution >= 0.6 is 0 Å². The van der Waals surface area contributed by atoms with E-state index in [1.165, 1.54) is 102 Å². The number of hydrogen-bond acceptors (Lipinski definition) is 2. The van der Waals surface area contributed by atoms with Crippen molar-refractivity contribution < 1.29 is 4.58 Å². The highest BCUT2D eigenvalue weighted by Gasteiger charge is 2.27. The summed E-state index contributed by atoms with van der Waals surface area (Å²) < 4.78 is 2.38. The second kappa shape index (κ2) is 14.4. The molecular weight excluding hydrogens is 306 g/mol. The molecule has 0 atom stereocenters. The van der Waals surface area contributed by atoms with Crippen LogP contribution in [0.4, 0.5) is 0 Å². The molecule has 1 rings (SSSR count). The summed E-state index contributed by atoms with van der Waals surface area (Å²) in [6.45, 7) is 5.82. The van der Waals surface area contributed by atoms with E-state index >= 15 is 0 Å². The highest BCUT2D eigenvalue weighted by molar-refractivity contribution is 5.75. The Morgan fingerprint density at radius 2 is 1.24 bits per heavy atom. The predicted octanol–water partition coefficient (Wildman–Crippen LogP) is 5.34. The first kappa shape index (κ1) is 22.3. The smallest absolute Gasteiger partial charge is 0.268 e. The van der Waals surface area contributed by atoms with E-state index in [-0.39, 0.29) is 0 Å². The Kier molecular flexibility index (Phi) is 12.9. The molecule has 0 aromatic carbocycles. The monoisotopic (exact) mass is 352 g/mol. The number of rotatable bonds is 15. The molecule has 1 aliphatic heterocycles. The molecular formula is C22H46N3+. The molecule has 0 spiro atoms. The molecule has 0 aromatic heterocycles. The van der Waals surface area contributed by atoms with Crippen molar-refractivity contribution in [2.75, 3.05) is 40.8 Å². The van der Waals surface area contributed by atoms with Gasteiger partial charge in [-0.25, -0.2) is 0 Å². The highest BCUT2D eigenvalue weighted by Crippen LogP contribution is 2.13. The van der Waals surface area contributed by atoms with Gasteiger partial charge >= 0.3 is 5.96 Å². The Morgan fingerprint density at radius 3 is 1.64 bits per heavy atom. The van der Waals surface area contributed by atoms with Crippen LogP contribution in [0, 0.1) is 0 Å². The van der Waals surface area contributed by atoms with Crippen LogP contribution in [-0.2, 0) is 0 Å². The lowest BCUT2D eigenvalue weighted by atomic mass is 10.0. The molecule has 0 saturated carbocycles. The minimum absolute atomic E-state index is 1.16. The summed E-state index contributed by atoms with van der Waals surface area (Å²) in [5.74, 6) is 1.40. The van der Waals surface area contributed by atoms with Crippen LogP contribution in [0.2, 0.25) is 0 Å². The molecule has 3 heteroatoms. The largest absolute Gasteiger partial charge is 0.350 e. The van der Waals surface area contributed by atoms with Crippen molar-refractivity contribution in [1.29, 1.82) is 0 Å². The van der Waals surface area contributed by atoms with Gasteiger partial charge in [0, 0.05) is 0 Å². The molecule has 25 heavy (non-hydrogen) atoms. The first-order valence-corrected chi connectivity index (χ1v) is 11.2. The Labute approximate surface area is 158 Å². The maximum absolute atomic E-state index is 2.44. The second-order valence-electron chi connectivity index (χ2n) is 8.16. The molecule has 0 amide bonds. The van der Waals surface area contributed by atoms with Crippen molar-refractivity contribution in [1.82, 2.24) is 9.80 Å². The highest BCUT2D eigenvalue weighted by atomic mass is 15.4. The van der Waals surface area contributed by atoms with Gasteiger partial charge in [-0.15, -0.1) is 0 Å². The maximum Gasteiger partial charge on any atom is 0.350 e. The molecule has 0 aliphatic carbocycles. The Bertz CT molecular complexity index is 351. The standard InChI is InChI=1S/C22H46N3/c1-5-6-7-8-9-10-11-12-13-14-15-16-17-18-19-23(2)22-24(3)20-21-25(22)4/h5-21H2,1-4H3/q+1. The summed E-state index contributed by atoms with van der Waals surface area (Å²) in [7, 11) is 6.66. The van der Waals surface area contributed by atoms with E-state index in [0.717, 1.165) is 13.1 Å². The molecule has 0 radical (unpaired) electrons. The van der Waals surface area contributed by atoms with Gasteiger partial charge < -0.3 is 0 Å². The van der Waals surface area contributed by atoms with Gasteiger partial charge in [0.1, 0.15) is 0 Å². The van der Waals surface area contributed by atoms with Crippen molar-refractivity contribution in [2.45, 2.75) is 96.8 Å². The molecule has 148 valence electrons. The van der Waals surface area contributed by atoms with Crippen molar-refractivity contribution in [3.63, 3.8) is 0 Å². The third kappa shape index (κ3) is 10.1. The summed E-state index contributed by atoms with van der Waals surface area (Å²) >= 11 is 0. The van der Waals surface area contributed by atoms with Gasteiger partial charge in [-0.1, -0.05) is 90.4 Å². The van der Waals surface area contributed by atoms with Crippen LogP contribution in [-0.4, -0.2) is 61.1 Å². The van der Waals surface area contributed by atoms with Gasteiger partial charge in [0.2, 0.25) is 0 Å². The van der Waals surface area contributed by atoms with Crippen molar-refractivity contribution in [3.8, 4) is 0 Å². The fourth-order valence-electron chi connectivity index (χ4n) is 4.02. The van der Waals surface area contributed by atoms with Gasteiger partial charge in [-0.3, -0.25) is 14.4 Å². The second-order valence-corrected chi connectivity index (χ2v) is 8.16. The summed E-state index contributed by atoms with van der Waals surface area (Å²) in [4.78, 5) is 4.82. The van der Waals surface area contributed by atoms with Gasteiger partial charge in [-0.05, 0) is 6.42 Å². The van der Waals surface area contributed by atoms with Crippen LogP contribution < -0.4 is 0 Å². The van der Waals surface area contributed by atoms with Crippen molar-refractivity contribution in [3.05, 3.63) is 0 Å². The third-order valence-corrected chi connectivity index (χ3v) is 5.64. The third-order valence-electron chi connectivity index (χ3n) is 5.64. The topological polar surface area (TPSA) is 9.49 Å². The van der Waals surface area contributed by atoms with Gasteiger partial charge in [0.15, 0.2) is 0 Å². The quantitative estimate of drug-likeness (QED) is 0.290. The molecule has 3 nitrogen and oxygen atoms in total. The number of hydrogen-bond donors (Lipinski definition) is 0. The number of guanidine groups is 1. The minimum Gasteiger partial charge on any atom is -0.268 e. The lowest BCUT2D eigenvalue weighted by Gasteiger charge is -2.18. The van der Waals surface area contributed by atoms with Crippen LogP contribution in [0.3, 0.4) is 0 Å². The molecule has 0 saturated heterocycles. The first-order valence-electron chi connectivity index (χ1n) is 11.2. The van der Waals surface area contributed by atoms with Gasteiger partial charge in [-0.2, -0.15) is 0 Å². The summed E-state index contributed by atoms with van der Waals surface area (Å²) in [5, 5.41) is 0. The first-order chi connectivity index (χ1) is 12.2. The summed E-state index contributed by atoms with van der Waals surface area (Å²) in [6, 6.07) is 0. The van der Waals surface area contributed by atoms with E-state index in [0.29, 0.717) is 0 Å². The SMILES string of the molecule is CCCCCCCCCCCCCCCCN(C)C1=[N+](C)CCN1C. The van der Waals surface area contributed by atoms with E-state index in [9.17, 15) is 0 Å². The van der Waals surface area contributed by atoms with Crippen LogP contribution in [0.1, 0.15) is 96.8 Å². The minimum atomic E-state index is 1.16. The summed E-state index contributed by atoms with van der Waals surface area (Å²) in [5.41, 5.74) is 0. The number of unbranched alkanes of at least 4 members (excludes halogenated alkanes) is 13. The van der Waals surface area contributed by atoms with Crippen molar-refractivity contribution >= 4 is 5.96 Å². The molecule has 0 fully saturated rings. The van der Waals surface area contributed by atoms with Gasteiger partial charge in [0.05, 0.1) is 40.8 Å². The van der Waals surface area contributed by atoms with Crippen LogP contribution in [0.15, 0.2) is 0 Å². The number of nitrogens with zero attached hydrogens (tertiary/aromatic N) is 3. The lowest BCUT2D eigenvalue weighted by Crippen LogP contribution is -2.40. The lowest BCUT2D eigenvalue weighted by molar-refractivity contribution is -0.491. The van der Waals surface area contributed by atoms with E-state index in [1.807, 2.05) is 0 Å². The van der Waals surface area contributed by atoms with E-state index in [2.05, 4.69) is 42.4 Å². The molecule has 1 aliphatic rings. The van der Waals surface area contributed by atoms with Crippen molar-refractivity contribution in [2.24, 2.45) is 0 Å². The Balaban J connectivity index is 1.84. The van der Waals surface area contributed by atoms with Crippen LogP contribution in [0.25, 0.3) is 0 Å². The number of likely N-dealkylation sites (N-methyl/N-ethyl adjacent to an activating group) is 2. The molecule has 0 bridgehead atoms. The zero-order chi connectivity index (χ0) is 18.3.